The Balaban J connectivity index is 2.33. The highest BCUT2D eigenvalue weighted by atomic mass is 16.5. The van der Waals surface area contributed by atoms with E-state index in [9.17, 15) is 0 Å². The summed E-state index contributed by atoms with van der Waals surface area (Å²) in [4.78, 5) is 0. The van der Waals surface area contributed by atoms with E-state index in [1.807, 2.05) is 6.07 Å². The van der Waals surface area contributed by atoms with Crippen molar-refractivity contribution < 1.29 is 9.15 Å². The van der Waals surface area contributed by atoms with Gasteiger partial charge in [0.2, 0.25) is 5.88 Å². The lowest BCUT2D eigenvalue weighted by Crippen LogP contribution is -1.90. The third kappa shape index (κ3) is 1.51. The van der Waals surface area contributed by atoms with Gasteiger partial charge in [0.1, 0.15) is 5.69 Å². The van der Waals surface area contributed by atoms with Crippen LogP contribution < -0.4 is 4.74 Å². The Kier molecular flexibility index (Phi) is 1.96. The normalized spacial score (nSPS) is 9.92. The quantitative estimate of drug-likeness (QED) is 0.699. The van der Waals surface area contributed by atoms with E-state index in [1.54, 1.807) is 31.6 Å². The molecule has 0 fully saturated rings. The molecule has 13 heavy (non-hydrogen) atoms. The van der Waals surface area contributed by atoms with E-state index in [4.69, 9.17) is 9.15 Å². The maximum atomic E-state index is 5.15. The highest BCUT2D eigenvalue weighted by Gasteiger charge is 2.02. The van der Waals surface area contributed by atoms with Crippen LogP contribution >= 0.6 is 0 Å². The largest absolute Gasteiger partial charge is 0.480 e. The first-order chi connectivity index (χ1) is 6.40. The van der Waals surface area contributed by atoms with Crippen molar-refractivity contribution in [2.75, 3.05) is 7.11 Å². The van der Waals surface area contributed by atoms with E-state index in [1.165, 1.54) is 0 Å². The molecule has 0 saturated carbocycles. The van der Waals surface area contributed by atoms with Crippen molar-refractivity contribution in [3.63, 3.8) is 0 Å². The van der Waals surface area contributed by atoms with Crippen molar-refractivity contribution in [2.45, 2.75) is 0 Å². The van der Waals surface area contributed by atoms with E-state index in [0.717, 1.165) is 0 Å². The van der Waals surface area contributed by atoms with Gasteiger partial charge < -0.3 is 9.15 Å². The Hall–Kier alpha value is -1.84. The summed E-state index contributed by atoms with van der Waals surface area (Å²) in [5.74, 6) is 1.20. The molecule has 0 atom stereocenters. The van der Waals surface area contributed by atoms with E-state index < -0.39 is 0 Å². The second kappa shape index (κ2) is 3.26. The highest BCUT2D eigenvalue weighted by Crippen LogP contribution is 2.17. The molecule has 0 amide bonds. The zero-order chi connectivity index (χ0) is 9.10. The molecule has 4 nitrogen and oxygen atoms in total. The molecule has 0 spiro atoms. The number of hydrogen-bond donors (Lipinski definition) is 0. The molecule has 0 aliphatic heterocycles. The van der Waals surface area contributed by atoms with Gasteiger partial charge in [-0.2, -0.15) is 0 Å². The molecule has 0 unspecified atom stereocenters. The first kappa shape index (κ1) is 7.79. The van der Waals surface area contributed by atoms with Crippen molar-refractivity contribution in [3.8, 4) is 17.3 Å². The van der Waals surface area contributed by atoms with Crippen LogP contribution in [0, 0.1) is 0 Å². The summed E-state index contributed by atoms with van der Waals surface area (Å²) >= 11 is 0. The molecule has 2 heterocycles. The molecule has 2 aromatic rings. The van der Waals surface area contributed by atoms with Gasteiger partial charge in [0.15, 0.2) is 5.76 Å². The first-order valence-electron chi connectivity index (χ1n) is 3.82. The van der Waals surface area contributed by atoms with Gasteiger partial charge in [-0.05, 0) is 18.2 Å². The average Bonchev–Trinajstić information content (AvgIpc) is 2.71. The Morgan fingerprint density at radius 1 is 1.23 bits per heavy atom. The van der Waals surface area contributed by atoms with Crippen LogP contribution in [0.5, 0.6) is 5.88 Å². The number of hydrogen-bond acceptors (Lipinski definition) is 4. The molecule has 0 radical (unpaired) electrons. The lowest BCUT2D eigenvalue weighted by molar-refractivity contribution is 0.392. The summed E-state index contributed by atoms with van der Waals surface area (Å²) in [6.07, 6.45) is 1.60. The third-order valence-electron chi connectivity index (χ3n) is 1.62. The van der Waals surface area contributed by atoms with Gasteiger partial charge in [-0.15, -0.1) is 10.2 Å². The van der Waals surface area contributed by atoms with E-state index >= 15 is 0 Å². The van der Waals surface area contributed by atoms with Crippen LogP contribution in [0.15, 0.2) is 34.9 Å². The minimum absolute atomic E-state index is 0.496. The van der Waals surface area contributed by atoms with Crippen LogP contribution in [-0.2, 0) is 0 Å². The van der Waals surface area contributed by atoms with Gasteiger partial charge in [-0.3, -0.25) is 0 Å². The Morgan fingerprint density at radius 2 is 2.15 bits per heavy atom. The number of nitrogens with zero attached hydrogens (tertiary/aromatic N) is 2. The van der Waals surface area contributed by atoms with Crippen LogP contribution in [-0.4, -0.2) is 17.3 Å². The molecule has 0 bridgehead atoms. The smallest absolute Gasteiger partial charge is 0.233 e. The van der Waals surface area contributed by atoms with Crippen molar-refractivity contribution in [1.29, 1.82) is 0 Å². The Bertz CT molecular complexity index is 367. The maximum Gasteiger partial charge on any atom is 0.233 e. The van der Waals surface area contributed by atoms with Crippen LogP contribution in [0.4, 0.5) is 0 Å². The maximum absolute atomic E-state index is 5.15. The fraction of sp³-hybridized carbons (Fsp3) is 0.111. The first-order valence-corrected chi connectivity index (χ1v) is 3.82. The van der Waals surface area contributed by atoms with Gasteiger partial charge in [0.05, 0.1) is 13.4 Å². The van der Waals surface area contributed by atoms with Crippen molar-refractivity contribution in [1.82, 2.24) is 10.2 Å². The van der Waals surface area contributed by atoms with Crippen LogP contribution in [0.3, 0.4) is 0 Å². The third-order valence-corrected chi connectivity index (χ3v) is 1.62. The fourth-order valence-corrected chi connectivity index (χ4v) is 0.985. The molecule has 0 aliphatic carbocycles. The molecule has 0 aromatic carbocycles. The number of ether oxygens (including phenoxy) is 1. The summed E-state index contributed by atoms with van der Waals surface area (Å²) in [7, 11) is 1.55. The van der Waals surface area contributed by atoms with Crippen molar-refractivity contribution >= 4 is 0 Å². The highest BCUT2D eigenvalue weighted by molar-refractivity contribution is 5.50. The standard InChI is InChI=1S/C9H8N2O2/c1-12-9-5-4-7(10-11-9)8-3-2-6-13-8/h2-6H,1H3. The molecule has 4 heteroatoms. The van der Waals surface area contributed by atoms with Gasteiger partial charge in [0.25, 0.3) is 0 Å². The summed E-state index contributed by atoms with van der Waals surface area (Å²) in [5, 5.41) is 7.74. The van der Waals surface area contributed by atoms with Crippen LogP contribution in [0.25, 0.3) is 11.5 Å². The average molecular weight is 176 g/mol. The molecule has 2 rings (SSSR count). The van der Waals surface area contributed by atoms with E-state index in [2.05, 4.69) is 10.2 Å². The second-order valence-electron chi connectivity index (χ2n) is 2.44. The Labute approximate surface area is 75.2 Å². The van der Waals surface area contributed by atoms with Crippen molar-refractivity contribution in [3.05, 3.63) is 30.5 Å². The number of rotatable bonds is 2. The Morgan fingerprint density at radius 3 is 2.69 bits per heavy atom. The van der Waals surface area contributed by atoms with Gasteiger partial charge in [0, 0.05) is 6.07 Å². The molecule has 66 valence electrons. The van der Waals surface area contributed by atoms with Gasteiger partial charge >= 0.3 is 0 Å². The van der Waals surface area contributed by atoms with Gasteiger partial charge in [-0.25, -0.2) is 0 Å². The summed E-state index contributed by atoms with van der Waals surface area (Å²) < 4.78 is 10.0. The minimum Gasteiger partial charge on any atom is -0.480 e. The molecule has 2 aromatic heterocycles. The molecular weight excluding hydrogens is 168 g/mol. The monoisotopic (exact) mass is 176 g/mol. The second-order valence-corrected chi connectivity index (χ2v) is 2.44. The number of furan rings is 1. The zero-order valence-electron chi connectivity index (χ0n) is 7.10. The van der Waals surface area contributed by atoms with E-state index in [0.29, 0.717) is 17.3 Å². The predicted molar refractivity (Wildman–Crippen MR) is 46.3 cm³/mol. The summed E-state index contributed by atoms with van der Waals surface area (Å²) in [6, 6.07) is 7.17. The zero-order valence-corrected chi connectivity index (χ0v) is 7.10. The van der Waals surface area contributed by atoms with Gasteiger partial charge in [-0.1, -0.05) is 0 Å². The van der Waals surface area contributed by atoms with E-state index in [-0.39, 0.29) is 0 Å². The fourth-order valence-electron chi connectivity index (χ4n) is 0.985. The summed E-state index contributed by atoms with van der Waals surface area (Å²) in [5.41, 5.74) is 0.700. The number of methoxy groups -OCH3 is 1. The molecule has 0 saturated heterocycles. The topological polar surface area (TPSA) is 48.2 Å². The van der Waals surface area contributed by atoms with Crippen molar-refractivity contribution in [2.24, 2.45) is 0 Å². The molecule has 0 N–H and O–H groups in total. The minimum atomic E-state index is 0.496. The lowest BCUT2D eigenvalue weighted by atomic mass is 10.3. The molecule has 0 aliphatic rings. The van der Waals surface area contributed by atoms with Crippen LogP contribution in [0.2, 0.25) is 0 Å². The summed E-state index contributed by atoms with van der Waals surface area (Å²) in [6.45, 7) is 0. The van der Waals surface area contributed by atoms with Crippen LogP contribution in [0.1, 0.15) is 0 Å². The molecular formula is C9H8N2O2. The number of aromatic nitrogens is 2. The SMILES string of the molecule is COc1ccc(-c2ccco2)nn1. The predicted octanol–water partition coefficient (Wildman–Crippen LogP) is 1.75. The lowest BCUT2D eigenvalue weighted by Gasteiger charge is -1.97.